The molecule has 1 aliphatic rings. The highest BCUT2D eigenvalue weighted by molar-refractivity contribution is 5.87. The van der Waals surface area contributed by atoms with Crippen LogP contribution >= 0.6 is 0 Å². The number of aromatic carboxylic acids is 1. The molecule has 20 heavy (non-hydrogen) atoms. The zero-order chi connectivity index (χ0) is 14.7. The summed E-state index contributed by atoms with van der Waals surface area (Å²) in [5.74, 6) is 0.246. The molecule has 5 nitrogen and oxygen atoms in total. The van der Waals surface area contributed by atoms with E-state index in [-0.39, 0.29) is 11.6 Å². The Hall–Kier alpha value is -2.04. The lowest BCUT2D eigenvalue weighted by Gasteiger charge is -2.08. The van der Waals surface area contributed by atoms with E-state index in [1.165, 1.54) is 12.1 Å². The maximum absolute atomic E-state index is 11.7. The van der Waals surface area contributed by atoms with Gasteiger partial charge in [0.25, 0.3) is 0 Å². The molecular weight excluding hydrogens is 256 g/mol. The van der Waals surface area contributed by atoms with Gasteiger partial charge in [-0.25, -0.2) is 9.59 Å². The summed E-state index contributed by atoms with van der Waals surface area (Å²) >= 11 is 0. The summed E-state index contributed by atoms with van der Waals surface area (Å²) < 4.78 is 0. The van der Waals surface area contributed by atoms with Crippen LogP contribution in [0, 0.1) is 11.8 Å². The Bertz CT molecular complexity index is 496. The standard InChI is InChI=1S/C15H20N2O3/c1-9(2)12-7-13(12)17-15(20)16-8-10-3-5-11(6-4-10)14(18)19/h3-6,9,12-13H,7-8H2,1-2H3,(H,18,19)(H2,16,17,20)/t12-,13+/m0/s1. The van der Waals surface area contributed by atoms with Crippen molar-refractivity contribution in [1.29, 1.82) is 0 Å². The minimum atomic E-state index is -0.948. The smallest absolute Gasteiger partial charge is 0.335 e. The fraction of sp³-hybridized carbons (Fsp3) is 0.467. The molecule has 3 N–H and O–H groups in total. The van der Waals surface area contributed by atoms with Crippen LogP contribution in [0.25, 0.3) is 0 Å². The van der Waals surface area contributed by atoms with Gasteiger partial charge >= 0.3 is 12.0 Å². The average Bonchev–Trinajstić information content (AvgIpc) is 3.16. The minimum Gasteiger partial charge on any atom is -0.478 e. The van der Waals surface area contributed by atoms with E-state index in [1.807, 2.05) is 0 Å². The Kier molecular flexibility index (Phi) is 4.27. The first-order valence-corrected chi connectivity index (χ1v) is 6.84. The predicted molar refractivity (Wildman–Crippen MR) is 75.5 cm³/mol. The van der Waals surface area contributed by atoms with Gasteiger partial charge in [-0.1, -0.05) is 26.0 Å². The highest BCUT2D eigenvalue weighted by Gasteiger charge is 2.40. The van der Waals surface area contributed by atoms with Crippen molar-refractivity contribution < 1.29 is 14.7 Å². The highest BCUT2D eigenvalue weighted by atomic mass is 16.4. The van der Waals surface area contributed by atoms with Crippen LogP contribution in [0.1, 0.15) is 36.2 Å². The number of hydrogen-bond acceptors (Lipinski definition) is 2. The summed E-state index contributed by atoms with van der Waals surface area (Å²) in [5.41, 5.74) is 1.12. The van der Waals surface area contributed by atoms with Crippen LogP contribution in [-0.4, -0.2) is 23.1 Å². The number of amides is 2. The van der Waals surface area contributed by atoms with Crippen LogP contribution in [0.4, 0.5) is 4.79 Å². The van der Waals surface area contributed by atoms with Gasteiger partial charge in [-0.3, -0.25) is 0 Å². The Labute approximate surface area is 118 Å². The summed E-state index contributed by atoms with van der Waals surface area (Å²) in [5, 5.41) is 14.5. The fourth-order valence-electron chi connectivity index (χ4n) is 2.28. The molecule has 1 aliphatic carbocycles. The van der Waals surface area contributed by atoms with E-state index in [4.69, 9.17) is 5.11 Å². The van der Waals surface area contributed by atoms with E-state index in [9.17, 15) is 9.59 Å². The maximum Gasteiger partial charge on any atom is 0.335 e. The second-order valence-electron chi connectivity index (χ2n) is 5.58. The highest BCUT2D eigenvalue weighted by Crippen LogP contribution is 2.36. The summed E-state index contributed by atoms with van der Waals surface area (Å²) in [6.07, 6.45) is 1.05. The third kappa shape index (κ3) is 3.73. The van der Waals surface area contributed by atoms with Crippen molar-refractivity contribution in [3.63, 3.8) is 0 Å². The SMILES string of the molecule is CC(C)[C@@H]1C[C@H]1NC(=O)NCc1ccc(C(=O)O)cc1. The quantitative estimate of drug-likeness (QED) is 0.771. The van der Waals surface area contributed by atoms with Crippen molar-refractivity contribution in [2.24, 2.45) is 11.8 Å². The van der Waals surface area contributed by atoms with Crippen molar-refractivity contribution in [1.82, 2.24) is 10.6 Å². The van der Waals surface area contributed by atoms with Crippen LogP contribution in [0.3, 0.4) is 0 Å². The molecule has 0 spiro atoms. The number of benzene rings is 1. The average molecular weight is 276 g/mol. The molecule has 0 bridgehead atoms. The van der Waals surface area contributed by atoms with Crippen molar-refractivity contribution in [2.75, 3.05) is 0 Å². The van der Waals surface area contributed by atoms with Gasteiger partial charge in [-0.2, -0.15) is 0 Å². The monoisotopic (exact) mass is 276 g/mol. The molecule has 1 saturated carbocycles. The summed E-state index contributed by atoms with van der Waals surface area (Å²) in [7, 11) is 0. The Balaban J connectivity index is 1.75. The van der Waals surface area contributed by atoms with E-state index >= 15 is 0 Å². The van der Waals surface area contributed by atoms with Gasteiger partial charge in [-0.05, 0) is 36.0 Å². The van der Waals surface area contributed by atoms with E-state index in [1.54, 1.807) is 12.1 Å². The van der Waals surface area contributed by atoms with Crippen molar-refractivity contribution in [3.8, 4) is 0 Å². The molecule has 2 amide bonds. The molecule has 108 valence electrons. The molecule has 0 heterocycles. The topological polar surface area (TPSA) is 78.4 Å². The number of nitrogens with one attached hydrogen (secondary N) is 2. The normalized spacial score (nSPS) is 20.6. The zero-order valence-corrected chi connectivity index (χ0v) is 11.7. The first-order valence-electron chi connectivity index (χ1n) is 6.84. The molecule has 1 aromatic rings. The number of carbonyl (C=O) groups excluding carboxylic acids is 1. The Morgan fingerprint density at radius 3 is 2.45 bits per heavy atom. The number of urea groups is 1. The fourth-order valence-corrected chi connectivity index (χ4v) is 2.28. The van der Waals surface area contributed by atoms with E-state index in [0.29, 0.717) is 24.4 Å². The molecule has 0 radical (unpaired) electrons. The number of rotatable bonds is 5. The molecule has 0 aromatic heterocycles. The summed E-state index contributed by atoms with van der Waals surface area (Å²) in [6, 6.07) is 6.61. The van der Waals surface area contributed by atoms with Gasteiger partial charge in [0, 0.05) is 12.6 Å². The number of hydrogen-bond donors (Lipinski definition) is 3. The molecule has 1 fully saturated rings. The number of carboxylic acid groups (broad SMARTS) is 1. The van der Waals surface area contributed by atoms with E-state index in [0.717, 1.165) is 12.0 Å². The third-order valence-corrected chi connectivity index (χ3v) is 3.67. The Morgan fingerprint density at radius 1 is 1.30 bits per heavy atom. The molecular formula is C15H20N2O3. The largest absolute Gasteiger partial charge is 0.478 e. The molecule has 2 rings (SSSR count). The zero-order valence-electron chi connectivity index (χ0n) is 11.7. The van der Waals surface area contributed by atoms with Gasteiger partial charge in [-0.15, -0.1) is 0 Å². The lowest BCUT2D eigenvalue weighted by Crippen LogP contribution is -2.37. The molecule has 0 aliphatic heterocycles. The van der Waals surface area contributed by atoms with Crippen LogP contribution in [0.5, 0.6) is 0 Å². The van der Waals surface area contributed by atoms with Gasteiger partial charge in [0.05, 0.1) is 5.56 Å². The third-order valence-electron chi connectivity index (χ3n) is 3.67. The maximum atomic E-state index is 11.7. The van der Waals surface area contributed by atoms with Crippen LogP contribution in [0.2, 0.25) is 0 Å². The van der Waals surface area contributed by atoms with Crippen molar-refractivity contribution in [3.05, 3.63) is 35.4 Å². The number of carboxylic acids is 1. The lowest BCUT2D eigenvalue weighted by molar-refractivity contribution is 0.0697. The van der Waals surface area contributed by atoms with Crippen molar-refractivity contribution >= 4 is 12.0 Å². The van der Waals surface area contributed by atoms with Crippen molar-refractivity contribution in [2.45, 2.75) is 32.9 Å². The first-order chi connectivity index (χ1) is 9.47. The summed E-state index contributed by atoms with van der Waals surface area (Å²) in [6.45, 7) is 4.72. The van der Waals surface area contributed by atoms with E-state index < -0.39 is 5.97 Å². The second-order valence-corrected chi connectivity index (χ2v) is 5.58. The van der Waals surface area contributed by atoms with Crippen LogP contribution in [0.15, 0.2) is 24.3 Å². The molecule has 0 unspecified atom stereocenters. The lowest BCUT2D eigenvalue weighted by atomic mass is 10.1. The first kappa shape index (κ1) is 14.4. The molecule has 5 heteroatoms. The van der Waals surface area contributed by atoms with E-state index in [2.05, 4.69) is 24.5 Å². The van der Waals surface area contributed by atoms with Crippen LogP contribution < -0.4 is 10.6 Å². The predicted octanol–water partition coefficient (Wildman–Crippen LogP) is 2.23. The molecule has 0 saturated heterocycles. The minimum absolute atomic E-state index is 0.166. The number of carbonyl (C=O) groups is 2. The van der Waals surface area contributed by atoms with Crippen LogP contribution in [-0.2, 0) is 6.54 Å². The second kappa shape index (κ2) is 5.94. The van der Waals surface area contributed by atoms with Gasteiger partial charge in [0.1, 0.15) is 0 Å². The summed E-state index contributed by atoms with van der Waals surface area (Å²) in [4.78, 5) is 22.4. The van der Waals surface area contributed by atoms with Gasteiger partial charge in [0.15, 0.2) is 0 Å². The van der Waals surface area contributed by atoms with Gasteiger partial charge in [0.2, 0.25) is 0 Å². The molecule has 1 aromatic carbocycles. The Morgan fingerprint density at radius 2 is 1.95 bits per heavy atom. The molecule has 2 atom stereocenters. The van der Waals surface area contributed by atoms with Gasteiger partial charge < -0.3 is 15.7 Å².